The van der Waals surface area contributed by atoms with Crippen molar-refractivity contribution in [3.05, 3.63) is 64.3 Å². The molecule has 33 heavy (non-hydrogen) atoms. The molecule has 2 heterocycles. The molecule has 0 atom stereocenters. The Bertz CT molecular complexity index is 1490. The molecule has 8 nitrogen and oxygen atoms in total. The molecule has 0 unspecified atom stereocenters. The third-order valence-corrected chi connectivity index (χ3v) is 7.15. The Kier molecular flexibility index (Phi) is 6.19. The van der Waals surface area contributed by atoms with E-state index in [2.05, 4.69) is 14.7 Å². The molecule has 0 aliphatic carbocycles. The van der Waals surface area contributed by atoms with Crippen LogP contribution in [-0.4, -0.2) is 30.1 Å². The Hall–Kier alpha value is -2.92. The lowest BCUT2D eigenvalue weighted by Gasteiger charge is -2.14. The maximum absolute atomic E-state index is 15.6. The predicted molar refractivity (Wildman–Crippen MR) is 126 cm³/mol. The van der Waals surface area contributed by atoms with Crippen LogP contribution >= 0.6 is 23.2 Å². The molecule has 2 aromatic carbocycles. The van der Waals surface area contributed by atoms with Crippen molar-refractivity contribution >= 4 is 55.8 Å². The highest BCUT2D eigenvalue weighted by atomic mass is 35.5. The second kappa shape index (κ2) is 8.79. The summed E-state index contributed by atoms with van der Waals surface area (Å²) in [7, 11) is -1.11. The van der Waals surface area contributed by atoms with Gasteiger partial charge >= 0.3 is 0 Å². The number of nitrogens with two attached hydrogens (primary N) is 1. The molecule has 3 N–H and O–H groups in total. The van der Waals surface area contributed by atoms with E-state index in [0.717, 1.165) is 0 Å². The number of rotatable bonds is 6. The van der Waals surface area contributed by atoms with Gasteiger partial charge in [-0.15, -0.1) is 0 Å². The first-order chi connectivity index (χ1) is 15.6. The van der Waals surface area contributed by atoms with Crippen LogP contribution in [0.4, 0.5) is 15.9 Å². The average Bonchev–Trinajstić information content (AvgIpc) is 3.09. The summed E-state index contributed by atoms with van der Waals surface area (Å²) in [5, 5.41) is 0.539. The molecule has 0 saturated carbocycles. The molecule has 4 rings (SSSR count). The molecule has 0 fully saturated rings. The van der Waals surface area contributed by atoms with Gasteiger partial charge in [0.15, 0.2) is 5.82 Å². The van der Waals surface area contributed by atoms with Crippen LogP contribution in [0.5, 0.6) is 0 Å². The molecule has 0 aliphatic rings. The maximum Gasteiger partial charge on any atom is 0.263 e. The highest BCUT2D eigenvalue weighted by molar-refractivity contribution is 7.92. The van der Waals surface area contributed by atoms with E-state index >= 15 is 4.39 Å². The summed E-state index contributed by atoms with van der Waals surface area (Å²) < 4.78 is 50.7. The number of sulfonamides is 1. The topological polar surface area (TPSA) is 112 Å². The van der Waals surface area contributed by atoms with Crippen LogP contribution in [0.2, 0.25) is 10.0 Å². The second-order valence-electron chi connectivity index (χ2n) is 7.19. The minimum Gasteiger partial charge on any atom is -0.383 e. The number of methoxy groups -OCH3 is 1. The number of anilines is 2. The summed E-state index contributed by atoms with van der Waals surface area (Å²) >= 11 is 12.4. The number of halogens is 3. The summed E-state index contributed by atoms with van der Waals surface area (Å²) in [6.07, 6.45) is 2.96. The second-order valence-corrected chi connectivity index (χ2v) is 9.66. The molecule has 12 heteroatoms. The van der Waals surface area contributed by atoms with E-state index in [9.17, 15) is 8.42 Å². The number of hydrogen-bond acceptors (Lipinski definition) is 6. The van der Waals surface area contributed by atoms with Crippen molar-refractivity contribution in [1.82, 2.24) is 14.5 Å². The molecule has 0 amide bonds. The van der Waals surface area contributed by atoms with Gasteiger partial charge in [0.25, 0.3) is 10.0 Å². The third kappa shape index (κ3) is 4.22. The third-order valence-electron chi connectivity index (χ3n) is 4.98. The van der Waals surface area contributed by atoms with Gasteiger partial charge in [0, 0.05) is 36.5 Å². The smallest absolute Gasteiger partial charge is 0.263 e. The fourth-order valence-electron chi connectivity index (χ4n) is 3.53. The van der Waals surface area contributed by atoms with E-state index in [-0.39, 0.29) is 38.6 Å². The van der Waals surface area contributed by atoms with Crippen molar-refractivity contribution in [2.75, 3.05) is 17.6 Å². The van der Waals surface area contributed by atoms with Crippen molar-refractivity contribution in [3.8, 4) is 11.1 Å². The van der Waals surface area contributed by atoms with Crippen LogP contribution in [0.25, 0.3) is 22.2 Å². The number of ether oxygens (including phenoxy) is 1. The quantitative estimate of drug-likeness (QED) is 0.392. The van der Waals surface area contributed by atoms with E-state index in [4.69, 9.17) is 33.7 Å². The number of hydrogen-bond donors (Lipinski definition) is 2. The molecule has 0 spiro atoms. The minimum atomic E-state index is -4.29. The number of aromatic nitrogens is 3. The van der Waals surface area contributed by atoms with Crippen molar-refractivity contribution in [2.45, 2.75) is 11.5 Å². The van der Waals surface area contributed by atoms with Gasteiger partial charge in [0.2, 0.25) is 0 Å². The van der Waals surface area contributed by atoms with Gasteiger partial charge in [0.05, 0.1) is 22.7 Å². The van der Waals surface area contributed by atoms with Gasteiger partial charge in [-0.3, -0.25) is 4.72 Å². The van der Waals surface area contributed by atoms with Crippen molar-refractivity contribution < 1.29 is 17.5 Å². The number of aryl methyl sites for hydroxylation is 1. The van der Waals surface area contributed by atoms with Crippen LogP contribution in [0.15, 0.2) is 47.8 Å². The molecule has 0 bridgehead atoms. The molecular weight excluding hydrogens is 492 g/mol. The monoisotopic (exact) mass is 509 g/mol. The number of nitrogen functional groups attached to an aromatic ring is 1. The molecule has 0 saturated heterocycles. The standard InChI is InChI=1S/C21H18Cl2FN5O3S/c1-29-8-14(17-20(25)26-10-27-21(17)29)13-4-3-5-15(19(13)24)28-33(30,31)16-7-12(22)6-11(9-32-2)18(16)23/h3-8,10,28H,9H2,1-2H3,(H2,25,26,27). The summed E-state index contributed by atoms with van der Waals surface area (Å²) in [5.41, 5.74) is 7.18. The van der Waals surface area contributed by atoms with Crippen LogP contribution in [0, 0.1) is 5.82 Å². The van der Waals surface area contributed by atoms with Crippen molar-refractivity contribution in [2.24, 2.45) is 7.05 Å². The van der Waals surface area contributed by atoms with Gasteiger partial charge < -0.3 is 15.0 Å². The van der Waals surface area contributed by atoms with E-state index in [1.54, 1.807) is 17.8 Å². The Morgan fingerprint density at radius 2 is 1.97 bits per heavy atom. The Morgan fingerprint density at radius 1 is 1.21 bits per heavy atom. The van der Waals surface area contributed by atoms with Gasteiger partial charge in [-0.1, -0.05) is 35.3 Å². The summed E-state index contributed by atoms with van der Waals surface area (Å²) in [5.74, 6) is -0.621. The lowest BCUT2D eigenvalue weighted by atomic mass is 10.0. The zero-order valence-electron chi connectivity index (χ0n) is 17.4. The fourth-order valence-corrected chi connectivity index (χ4v) is 5.51. The number of nitrogens with zero attached hydrogens (tertiary/aromatic N) is 3. The summed E-state index contributed by atoms with van der Waals surface area (Å²) in [4.78, 5) is 7.87. The first-order valence-corrected chi connectivity index (χ1v) is 11.7. The summed E-state index contributed by atoms with van der Waals surface area (Å²) in [6, 6.07) is 7.02. The molecule has 2 aromatic heterocycles. The normalized spacial score (nSPS) is 11.8. The first-order valence-electron chi connectivity index (χ1n) is 9.48. The minimum absolute atomic E-state index is 0.0519. The molecule has 0 aliphatic heterocycles. The van der Waals surface area contributed by atoms with E-state index in [0.29, 0.717) is 22.2 Å². The molecule has 4 aromatic rings. The van der Waals surface area contributed by atoms with Crippen molar-refractivity contribution in [1.29, 1.82) is 0 Å². The van der Waals surface area contributed by atoms with Crippen LogP contribution in [0.3, 0.4) is 0 Å². The maximum atomic E-state index is 15.6. The zero-order chi connectivity index (χ0) is 23.9. The highest BCUT2D eigenvalue weighted by Gasteiger charge is 2.24. The van der Waals surface area contributed by atoms with Gasteiger partial charge in [-0.25, -0.2) is 22.8 Å². The first kappa shape index (κ1) is 23.2. The fraction of sp³-hybridized carbons (Fsp3) is 0.143. The number of nitrogens with one attached hydrogen (secondary N) is 1. The largest absolute Gasteiger partial charge is 0.383 e. The highest BCUT2D eigenvalue weighted by Crippen LogP contribution is 2.37. The predicted octanol–water partition coefficient (Wildman–Crippen LogP) is 4.61. The lowest BCUT2D eigenvalue weighted by Crippen LogP contribution is -2.15. The number of fused-ring (bicyclic) bond motifs is 1. The van der Waals surface area contributed by atoms with Crippen LogP contribution in [-0.2, 0) is 28.4 Å². The van der Waals surface area contributed by atoms with Crippen LogP contribution < -0.4 is 10.5 Å². The SMILES string of the molecule is COCc1cc(Cl)cc(S(=O)(=O)Nc2cccc(-c3cn(C)c4ncnc(N)c34)c2F)c1Cl. The number of benzene rings is 2. The average molecular weight is 510 g/mol. The molecule has 172 valence electrons. The van der Waals surface area contributed by atoms with E-state index in [1.165, 1.54) is 43.8 Å². The Labute approximate surface area is 199 Å². The molecular formula is C21H18Cl2FN5O3S. The van der Waals surface area contributed by atoms with Gasteiger partial charge in [-0.2, -0.15) is 0 Å². The lowest BCUT2D eigenvalue weighted by molar-refractivity contribution is 0.185. The van der Waals surface area contributed by atoms with Gasteiger partial charge in [-0.05, 0) is 23.8 Å². The van der Waals surface area contributed by atoms with E-state index < -0.39 is 15.8 Å². The summed E-state index contributed by atoms with van der Waals surface area (Å²) in [6.45, 7) is 0.0519. The van der Waals surface area contributed by atoms with E-state index in [1.807, 2.05) is 0 Å². The Balaban J connectivity index is 1.81. The Morgan fingerprint density at radius 3 is 2.70 bits per heavy atom. The van der Waals surface area contributed by atoms with Gasteiger partial charge in [0.1, 0.15) is 22.7 Å². The van der Waals surface area contributed by atoms with Crippen molar-refractivity contribution in [3.63, 3.8) is 0 Å². The zero-order valence-corrected chi connectivity index (χ0v) is 19.8. The molecule has 0 radical (unpaired) electrons. The van der Waals surface area contributed by atoms with Crippen LogP contribution in [0.1, 0.15) is 5.56 Å².